The molecule has 228 valence electrons. The van der Waals surface area contributed by atoms with Crippen LogP contribution in [-0.2, 0) is 29.2 Å². The lowest BCUT2D eigenvalue weighted by Crippen LogP contribution is -2.39. The van der Waals surface area contributed by atoms with Crippen LogP contribution in [0.25, 0.3) is 11.0 Å². The molecule has 6 rings (SSSR count). The Morgan fingerprint density at radius 2 is 1.91 bits per heavy atom. The number of ether oxygens (including phenoxy) is 4. The summed E-state index contributed by atoms with van der Waals surface area (Å²) in [4.78, 5) is 23.5. The SMILES string of the molecule is COC(=O)c1cc(F)c2nc(CN3CCC(Oc4cccc(COc5ccc(C#N)cc5F)n4)CC3)n(CC3CCO3)c2c1. The lowest BCUT2D eigenvalue weighted by atomic mass is 10.1. The number of fused-ring (bicyclic) bond motifs is 1. The highest BCUT2D eigenvalue weighted by atomic mass is 19.1. The number of esters is 1. The molecule has 10 nitrogen and oxygen atoms in total. The van der Waals surface area contributed by atoms with Crippen LogP contribution < -0.4 is 9.47 Å². The summed E-state index contributed by atoms with van der Waals surface area (Å²) < 4.78 is 53.3. The smallest absolute Gasteiger partial charge is 0.338 e. The molecule has 2 aromatic carbocycles. The van der Waals surface area contributed by atoms with Gasteiger partial charge in [-0.2, -0.15) is 5.26 Å². The topological polar surface area (TPSA) is 112 Å². The Hall–Kier alpha value is -4.60. The van der Waals surface area contributed by atoms with Crippen molar-refractivity contribution < 1.29 is 32.5 Å². The van der Waals surface area contributed by atoms with Gasteiger partial charge < -0.3 is 23.5 Å². The fourth-order valence-corrected chi connectivity index (χ4v) is 5.42. The average molecular weight is 604 g/mol. The first-order chi connectivity index (χ1) is 21.4. The number of imidazole rings is 1. The number of halogens is 2. The minimum atomic E-state index is -0.605. The molecule has 1 atom stereocenters. The van der Waals surface area contributed by atoms with E-state index in [9.17, 15) is 9.18 Å². The molecule has 4 heterocycles. The van der Waals surface area contributed by atoms with Crippen LogP contribution in [-0.4, -0.2) is 64.4 Å². The summed E-state index contributed by atoms with van der Waals surface area (Å²) in [7, 11) is 1.27. The predicted molar refractivity (Wildman–Crippen MR) is 154 cm³/mol. The lowest BCUT2D eigenvalue weighted by Gasteiger charge is -2.32. The number of rotatable bonds is 10. The van der Waals surface area contributed by atoms with Gasteiger partial charge in [0.15, 0.2) is 17.4 Å². The molecule has 0 bridgehead atoms. The van der Waals surface area contributed by atoms with E-state index < -0.39 is 17.6 Å². The Labute approximate surface area is 252 Å². The number of likely N-dealkylation sites (tertiary alicyclic amines) is 1. The summed E-state index contributed by atoms with van der Waals surface area (Å²) in [6.45, 7) is 3.27. The first kappa shape index (κ1) is 29.5. The number of piperidine rings is 1. The summed E-state index contributed by atoms with van der Waals surface area (Å²) in [6, 6.07) is 14.1. The molecule has 0 saturated carbocycles. The molecule has 2 aliphatic heterocycles. The van der Waals surface area contributed by atoms with E-state index in [2.05, 4.69) is 14.9 Å². The number of benzene rings is 2. The van der Waals surface area contributed by atoms with E-state index in [1.807, 2.05) is 16.7 Å². The fraction of sp³-hybridized carbons (Fsp3) is 0.375. The number of carbonyl (C=O) groups is 1. The standard InChI is InChI=1S/C32H31F2N5O5/c1-41-32(40)21-14-26(34)31-27(15-21)39(17-24-9-12-42-24)29(37-31)18-38-10-7-23(8-11-38)44-30-4-2-3-22(36-30)19-43-28-6-5-20(16-35)13-25(28)33/h2-6,13-15,23-24H,7-12,17-19H2,1H3. The van der Waals surface area contributed by atoms with Crippen LogP contribution in [0.2, 0.25) is 0 Å². The molecule has 0 amide bonds. The monoisotopic (exact) mass is 603 g/mol. The number of pyridine rings is 1. The van der Waals surface area contributed by atoms with Gasteiger partial charge in [0.25, 0.3) is 0 Å². The van der Waals surface area contributed by atoms with E-state index in [1.165, 1.54) is 25.3 Å². The molecular formula is C32H31F2N5O5. The number of aromatic nitrogens is 3. The van der Waals surface area contributed by atoms with E-state index in [0.717, 1.165) is 38.4 Å². The van der Waals surface area contributed by atoms with Crippen LogP contribution in [0.5, 0.6) is 11.6 Å². The maximum atomic E-state index is 15.0. The van der Waals surface area contributed by atoms with Crippen LogP contribution in [0, 0.1) is 23.0 Å². The van der Waals surface area contributed by atoms with Crippen LogP contribution in [0.15, 0.2) is 48.5 Å². The molecule has 0 radical (unpaired) electrons. The van der Waals surface area contributed by atoms with Crippen molar-refractivity contribution in [3.63, 3.8) is 0 Å². The van der Waals surface area contributed by atoms with Gasteiger partial charge in [-0.15, -0.1) is 0 Å². The molecule has 1 unspecified atom stereocenters. The van der Waals surface area contributed by atoms with Gasteiger partial charge in [0.05, 0.1) is 54.7 Å². The summed E-state index contributed by atoms with van der Waals surface area (Å²) in [5.74, 6) is -0.550. The molecule has 0 N–H and O–H groups in total. The molecule has 2 saturated heterocycles. The normalized spacial score (nSPS) is 17.2. The summed E-state index contributed by atoms with van der Waals surface area (Å²) in [6.07, 6.45) is 2.39. The Morgan fingerprint density at radius 1 is 1.09 bits per heavy atom. The van der Waals surface area contributed by atoms with E-state index in [4.69, 9.17) is 24.2 Å². The maximum absolute atomic E-state index is 15.0. The van der Waals surface area contributed by atoms with E-state index >= 15 is 4.39 Å². The summed E-state index contributed by atoms with van der Waals surface area (Å²) in [5, 5.41) is 8.91. The van der Waals surface area contributed by atoms with Crippen molar-refractivity contribution >= 4 is 17.0 Å². The van der Waals surface area contributed by atoms with E-state index in [0.29, 0.717) is 42.6 Å². The largest absolute Gasteiger partial charge is 0.484 e. The molecule has 12 heteroatoms. The van der Waals surface area contributed by atoms with Crippen molar-refractivity contribution in [2.75, 3.05) is 26.8 Å². The second-order valence-corrected chi connectivity index (χ2v) is 10.8. The minimum Gasteiger partial charge on any atom is -0.484 e. The number of hydrogen-bond donors (Lipinski definition) is 0. The number of nitriles is 1. The second kappa shape index (κ2) is 13.0. The Kier molecular flexibility index (Phi) is 8.67. The fourth-order valence-electron chi connectivity index (χ4n) is 5.42. The lowest BCUT2D eigenvalue weighted by molar-refractivity contribution is -0.0592. The van der Waals surface area contributed by atoms with Crippen LogP contribution >= 0.6 is 0 Å². The van der Waals surface area contributed by atoms with Crippen molar-refractivity contribution in [3.8, 4) is 17.7 Å². The van der Waals surface area contributed by atoms with Gasteiger partial charge in [-0.05, 0) is 55.7 Å². The van der Waals surface area contributed by atoms with Gasteiger partial charge in [0.1, 0.15) is 24.1 Å². The Morgan fingerprint density at radius 3 is 2.61 bits per heavy atom. The van der Waals surface area contributed by atoms with Crippen LogP contribution in [0.1, 0.15) is 46.7 Å². The molecule has 44 heavy (non-hydrogen) atoms. The quantitative estimate of drug-likeness (QED) is 0.237. The highest BCUT2D eigenvalue weighted by molar-refractivity contribution is 5.94. The summed E-state index contributed by atoms with van der Waals surface area (Å²) >= 11 is 0. The van der Waals surface area contributed by atoms with E-state index in [-0.39, 0.29) is 41.2 Å². The van der Waals surface area contributed by atoms with Gasteiger partial charge in [-0.3, -0.25) is 4.90 Å². The third-order valence-electron chi connectivity index (χ3n) is 7.89. The molecule has 0 spiro atoms. The molecule has 0 aliphatic carbocycles. The maximum Gasteiger partial charge on any atom is 0.338 e. The van der Waals surface area contributed by atoms with Gasteiger partial charge in [0.2, 0.25) is 5.88 Å². The molecule has 2 fully saturated rings. The number of carbonyl (C=O) groups excluding carboxylic acids is 1. The number of nitrogens with zero attached hydrogens (tertiary/aromatic N) is 5. The average Bonchev–Trinajstić information content (AvgIpc) is 3.36. The molecule has 2 aromatic heterocycles. The molecular weight excluding hydrogens is 572 g/mol. The van der Waals surface area contributed by atoms with Crippen LogP contribution in [0.3, 0.4) is 0 Å². The zero-order valence-electron chi connectivity index (χ0n) is 24.2. The predicted octanol–water partition coefficient (Wildman–Crippen LogP) is 4.78. The number of methoxy groups -OCH3 is 1. The zero-order valence-corrected chi connectivity index (χ0v) is 24.2. The minimum absolute atomic E-state index is 0.0203. The van der Waals surface area contributed by atoms with Crippen LogP contribution in [0.4, 0.5) is 8.78 Å². The molecule has 2 aliphatic rings. The first-order valence-electron chi connectivity index (χ1n) is 14.5. The van der Waals surface area contributed by atoms with Gasteiger partial charge in [-0.1, -0.05) is 6.07 Å². The van der Waals surface area contributed by atoms with Crippen molar-refractivity contribution in [2.45, 2.75) is 51.2 Å². The second-order valence-electron chi connectivity index (χ2n) is 10.8. The van der Waals surface area contributed by atoms with Gasteiger partial charge in [0, 0.05) is 25.8 Å². The summed E-state index contributed by atoms with van der Waals surface area (Å²) in [5.41, 5.74) is 1.72. The van der Waals surface area contributed by atoms with Crippen molar-refractivity contribution in [1.82, 2.24) is 19.4 Å². The third-order valence-corrected chi connectivity index (χ3v) is 7.89. The highest BCUT2D eigenvalue weighted by Gasteiger charge is 2.27. The van der Waals surface area contributed by atoms with Crippen molar-refractivity contribution in [2.24, 2.45) is 0 Å². The zero-order chi connectivity index (χ0) is 30.6. The van der Waals surface area contributed by atoms with E-state index in [1.54, 1.807) is 18.2 Å². The van der Waals surface area contributed by atoms with Gasteiger partial charge >= 0.3 is 5.97 Å². The van der Waals surface area contributed by atoms with Crippen molar-refractivity contribution in [1.29, 1.82) is 5.26 Å². The van der Waals surface area contributed by atoms with Gasteiger partial charge in [-0.25, -0.2) is 23.5 Å². The first-order valence-corrected chi connectivity index (χ1v) is 14.5. The highest BCUT2D eigenvalue weighted by Crippen LogP contribution is 2.27. The van der Waals surface area contributed by atoms with Crippen molar-refractivity contribution in [3.05, 3.63) is 82.8 Å². The molecule has 4 aromatic rings. The Bertz CT molecular complexity index is 1710. The Balaban J connectivity index is 1.08. The third kappa shape index (κ3) is 6.49. The number of hydrogen-bond acceptors (Lipinski definition) is 9.